The van der Waals surface area contributed by atoms with Gasteiger partial charge in [0.2, 0.25) is 10.0 Å². The molecule has 1 amide bonds. The number of sulfonamides is 1. The quantitative estimate of drug-likeness (QED) is 0.257. The van der Waals surface area contributed by atoms with E-state index < -0.39 is 22.5 Å². The molecule has 0 aliphatic heterocycles. The lowest BCUT2D eigenvalue weighted by atomic mass is 10.3. The fourth-order valence-electron chi connectivity index (χ4n) is 2.34. The van der Waals surface area contributed by atoms with Crippen molar-refractivity contribution in [2.24, 2.45) is 0 Å². The molecule has 3 rings (SSSR count). The van der Waals surface area contributed by atoms with E-state index in [4.69, 9.17) is 62.7 Å². The molecule has 0 spiro atoms. The van der Waals surface area contributed by atoms with Crippen molar-refractivity contribution in [1.29, 1.82) is 0 Å². The molecule has 0 saturated carbocycles. The van der Waals surface area contributed by atoms with Crippen LogP contribution >= 0.6 is 58.0 Å². The van der Waals surface area contributed by atoms with Crippen molar-refractivity contribution in [3.8, 4) is 5.75 Å². The van der Waals surface area contributed by atoms with Crippen LogP contribution in [0.3, 0.4) is 0 Å². The highest BCUT2D eigenvalue weighted by molar-refractivity contribution is 7.94. The van der Waals surface area contributed by atoms with Gasteiger partial charge in [0.05, 0.1) is 20.0 Å². The molecule has 0 saturated heterocycles. The van der Waals surface area contributed by atoms with E-state index >= 15 is 0 Å². The summed E-state index contributed by atoms with van der Waals surface area (Å²) in [5.74, 6) is -0.615. The fourth-order valence-corrected chi connectivity index (χ4v) is 4.51. The number of carbonyl (C=O) groups excluding carboxylic acids is 1. The number of aromatic nitrogens is 1. The number of carbonyl (C=O) groups is 1. The first-order valence-electron chi connectivity index (χ1n) is 8.53. The van der Waals surface area contributed by atoms with Crippen LogP contribution in [0.1, 0.15) is 0 Å². The topological polar surface area (TPSA) is 99.5 Å². The Morgan fingerprint density at radius 2 is 1.50 bits per heavy atom. The van der Waals surface area contributed by atoms with Crippen LogP contribution in [0.15, 0.2) is 53.6 Å². The Labute approximate surface area is 208 Å². The second-order valence-electron chi connectivity index (χ2n) is 6.01. The third-order valence-corrected chi connectivity index (χ3v) is 7.35. The van der Waals surface area contributed by atoms with Crippen LogP contribution in [0.2, 0.25) is 25.1 Å². The second-order valence-corrected chi connectivity index (χ2v) is 9.51. The van der Waals surface area contributed by atoms with Crippen molar-refractivity contribution in [2.75, 3.05) is 11.9 Å². The molecular weight excluding hydrogens is 544 g/mol. The van der Waals surface area contributed by atoms with Crippen LogP contribution in [-0.4, -0.2) is 25.9 Å². The number of rotatable bonds is 7. The first kappa shape index (κ1) is 24.7. The predicted octanol–water partition coefficient (Wildman–Crippen LogP) is 6.76. The third-order valence-electron chi connectivity index (χ3n) is 3.82. The number of ether oxygens (including phenoxy) is 1. The maximum absolute atomic E-state index is 12.4. The molecule has 0 unspecified atom stereocenters. The highest BCUT2D eigenvalue weighted by atomic mass is 35.5. The van der Waals surface area contributed by atoms with E-state index in [-0.39, 0.29) is 41.6 Å². The molecular formula is C19H11Cl5N3O4S-. The molecule has 13 heteroatoms. The molecule has 1 heterocycles. The number of nitrogens with one attached hydrogen (secondary N) is 1. The number of anilines is 1. The van der Waals surface area contributed by atoms with E-state index in [2.05, 4.69) is 15.0 Å². The Morgan fingerprint density at radius 3 is 2.06 bits per heavy atom. The van der Waals surface area contributed by atoms with Gasteiger partial charge >= 0.3 is 0 Å². The van der Waals surface area contributed by atoms with E-state index in [9.17, 15) is 13.2 Å². The molecule has 0 aliphatic rings. The number of halogens is 5. The minimum atomic E-state index is -3.97. The summed E-state index contributed by atoms with van der Waals surface area (Å²) in [6.45, 7) is -0.483. The van der Waals surface area contributed by atoms with Gasteiger partial charge in [-0.3, -0.25) is 4.79 Å². The summed E-state index contributed by atoms with van der Waals surface area (Å²) in [7, 11) is -3.97. The summed E-state index contributed by atoms with van der Waals surface area (Å²) in [5.41, 5.74) is 0.319. The molecule has 0 fully saturated rings. The number of pyridine rings is 1. The lowest BCUT2D eigenvalue weighted by molar-refractivity contribution is -0.118. The molecule has 0 radical (unpaired) electrons. The van der Waals surface area contributed by atoms with Crippen molar-refractivity contribution >= 4 is 85.4 Å². The maximum Gasteiger partial charge on any atom is 0.262 e. The summed E-state index contributed by atoms with van der Waals surface area (Å²) in [6, 6.07) is 10.1. The monoisotopic (exact) mass is 552 g/mol. The van der Waals surface area contributed by atoms with Gasteiger partial charge < -0.3 is 19.8 Å². The van der Waals surface area contributed by atoms with Crippen LogP contribution in [0.4, 0.5) is 11.5 Å². The van der Waals surface area contributed by atoms with Crippen LogP contribution in [0, 0.1) is 0 Å². The Bertz CT molecular complexity index is 1230. The maximum atomic E-state index is 12.4. The van der Waals surface area contributed by atoms with Gasteiger partial charge in [0, 0.05) is 5.69 Å². The van der Waals surface area contributed by atoms with E-state index in [0.29, 0.717) is 5.69 Å². The minimum absolute atomic E-state index is 0.0371. The average molecular weight is 555 g/mol. The zero-order chi connectivity index (χ0) is 23.5. The summed E-state index contributed by atoms with van der Waals surface area (Å²) in [6.07, 6.45) is 1.43. The molecule has 1 aromatic heterocycles. The van der Waals surface area contributed by atoms with Gasteiger partial charge in [-0.25, -0.2) is 8.42 Å². The first-order valence-corrected chi connectivity index (χ1v) is 11.9. The summed E-state index contributed by atoms with van der Waals surface area (Å²) >= 11 is 29.9. The molecule has 0 atom stereocenters. The predicted molar refractivity (Wildman–Crippen MR) is 127 cm³/mol. The van der Waals surface area contributed by atoms with Crippen LogP contribution in [-0.2, 0) is 14.8 Å². The molecule has 168 valence electrons. The number of amides is 1. The lowest BCUT2D eigenvalue weighted by Gasteiger charge is -2.15. The zero-order valence-corrected chi connectivity index (χ0v) is 20.2. The number of hydrogen-bond donors (Lipinski definition) is 1. The van der Waals surface area contributed by atoms with E-state index in [0.717, 1.165) is 0 Å². The smallest absolute Gasteiger partial charge is 0.262 e. The van der Waals surface area contributed by atoms with Crippen molar-refractivity contribution < 1.29 is 17.9 Å². The van der Waals surface area contributed by atoms with Gasteiger partial charge in [-0.2, -0.15) is 0 Å². The van der Waals surface area contributed by atoms with E-state index in [1.54, 1.807) is 12.1 Å². The average Bonchev–Trinajstić information content (AvgIpc) is 2.77. The number of benzene rings is 2. The van der Waals surface area contributed by atoms with Gasteiger partial charge in [0.25, 0.3) is 5.91 Å². The van der Waals surface area contributed by atoms with Crippen molar-refractivity contribution in [3.05, 3.63) is 78.5 Å². The van der Waals surface area contributed by atoms with Crippen LogP contribution in [0.25, 0.3) is 4.72 Å². The molecule has 0 aliphatic carbocycles. The Morgan fingerprint density at radius 1 is 0.906 bits per heavy atom. The molecule has 3 aromatic rings. The van der Waals surface area contributed by atoms with Crippen LogP contribution in [0.5, 0.6) is 5.75 Å². The van der Waals surface area contributed by atoms with Crippen molar-refractivity contribution in [1.82, 2.24) is 4.98 Å². The largest absolute Gasteiger partial charge is 0.481 e. The molecule has 1 N–H and O–H groups in total. The van der Waals surface area contributed by atoms with Crippen LogP contribution < -0.4 is 10.1 Å². The Kier molecular flexibility index (Phi) is 7.97. The highest BCUT2D eigenvalue weighted by Crippen LogP contribution is 2.48. The standard InChI is InChI=1S/C19H12Cl5N3O4S/c20-14-15(21)17(23)19(18(24)16(14)22)31-9-13(28)26-10-4-6-11(7-5-10)32(29,30)27-12-3-1-2-8-25-12/h1-8H,9H2,(H2,25,26,27,28)/p-1. The SMILES string of the molecule is O=C(COc1c(Cl)c(Cl)c(Cl)c(Cl)c1Cl)Nc1ccc(S(=O)(=O)[N-]c2ccccn2)cc1. The second kappa shape index (κ2) is 10.3. The minimum Gasteiger partial charge on any atom is -0.481 e. The highest BCUT2D eigenvalue weighted by Gasteiger charge is 2.21. The van der Waals surface area contributed by atoms with Gasteiger partial charge in [0.15, 0.2) is 12.4 Å². The number of hydrogen-bond acceptors (Lipinski definition) is 5. The van der Waals surface area contributed by atoms with Gasteiger partial charge in [0.1, 0.15) is 10.0 Å². The normalized spacial score (nSPS) is 11.2. The fraction of sp³-hybridized carbons (Fsp3) is 0.0526. The van der Waals surface area contributed by atoms with E-state index in [1.807, 2.05) is 0 Å². The Hall–Kier alpha value is -1.94. The lowest BCUT2D eigenvalue weighted by Crippen LogP contribution is -2.20. The van der Waals surface area contributed by atoms with E-state index in [1.165, 1.54) is 36.5 Å². The van der Waals surface area contributed by atoms with Gasteiger partial charge in [-0.05, 0) is 30.1 Å². The summed E-state index contributed by atoms with van der Waals surface area (Å²) in [5, 5.41) is 2.19. The molecule has 0 bridgehead atoms. The van der Waals surface area contributed by atoms with Gasteiger partial charge in [-0.15, -0.1) is 0 Å². The van der Waals surface area contributed by atoms with Crippen molar-refractivity contribution in [3.63, 3.8) is 0 Å². The molecule has 2 aromatic carbocycles. The third kappa shape index (κ3) is 5.70. The van der Waals surface area contributed by atoms with Crippen molar-refractivity contribution in [2.45, 2.75) is 4.90 Å². The summed E-state index contributed by atoms with van der Waals surface area (Å²) in [4.78, 5) is 16.0. The first-order chi connectivity index (χ1) is 15.1. The molecule has 32 heavy (non-hydrogen) atoms. The Balaban J connectivity index is 1.65. The van der Waals surface area contributed by atoms with Gasteiger partial charge in [-0.1, -0.05) is 82.4 Å². The molecule has 7 nitrogen and oxygen atoms in total. The summed E-state index contributed by atoms with van der Waals surface area (Å²) < 4.78 is 33.7. The number of nitrogens with zero attached hydrogens (tertiary/aromatic N) is 2. The zero-order valence-electron chi connectivity index (χ0n) is 15.7.